The second-order valence-corrected chi connectivity index (χ2v) is 8.95. The van der Waals surface area contributed by atoms with Crippen molar-refractivity contribution in [1.29, 1.82) is 0 Å². The van der Waals surface area contributed by atoms with Gasteiger partial charge >= 0.3 is 0 Å². The lowest BCUT2D eigenvalue weighted by molar-refractivity contribution is 0.967. The van der Waals surface area contributed by atoms with Crippen molar-refractivity contribution in [3.05, 3.63) is 116 Å². The zero-order chi connectivity index (χ0) is 28.1. The van der Waals surface area contributed by atoms with Gasteiger partial charge in [0.1, 0.15) is 28.5 Å². The Morgan fingerprint density at radius 3 is 1.24 bits per heavy atom. The Bertz CT molecular complexity index is 1830. The van der Waals surface area contributed by atoms with Crippen LogP contribution in [0.2, 0.25) is 0 Å². The summed E-state index contributed by atoms with van der Waals surface area (Å²) in [5.41, 5.74) is 5.90. The minimum absolute atomic E-state index is 0.320. The molecule has 0 atom stereocenters. The number of nitrogens with zero attached hydrogens (tertiary/aromatic N) is 11. The third-order valence-electron chi connectivity index (χ3n) is 6.25. The molecule has 7 aromatic heterocycles. The molecule has 0 N–H and O–H groups in total. The SMILES string of the molecule is c1ccc(-c2nnc(-c3ccnc(-c4nnc(-c5ccccn5)c(-c5ccccn5)n4)c3)nc2-c2ccccn2)nc1. The van der Waals surface area contributed by atoms with E-state index in [0.29, 0.717) is 68.5 Å². The lowest BCUT2D eigenvalue weighted by Gasteiger charge is -2.10. The van der Waals surface area contributed by atoms with Gasteiger partial charge in [-0.1, -0.05) is 24.3 Å². The van der Waals surface area contributed by atoms with Gasteiger partial charge in [0, 0.05) is 36.5 Å². The van der Waals surface area contributed by atoms with E-state index >= 15 is 0 Å². The molecule has 198 valence electrons. The number of hydrogen-bond acceptors (Lipinski definition) is 11. The highest BCUT2D eigenvalue weighted by molar-refractivity contribution is 5.77. The Morgan fingerprint density at radius 1 is 0.333 bits per heavy atom. The van der Waals surface area contributed by atoms with Gasteiger partial charge in [-0.15, -0.1) is 20.4 Å². The Kier molecular flexibility index (Phi) is 6.55. The van der Waals surface area contributed by atoms with E-state index < -0.39 is 0 Å². The Balaban J connectivity index is 1.33. The normalized spacial score (nSPS) is 10.9. The van der Waals surface area contributed by atoms with Crippen molar-refractivity contribution in [3.63, 3.8) is 0 Å². The highest BCUT2D eigenvalue weighted by atomic mass is 15.2. The minimum Gasteiger partial charge on any atom is -0.255 e. The molecule has 0 amide bonds. The summed E-state index contributed by atoms with van der Waals surface area (Å²) in [6, 6.07) is 26.0. The van der Waals surface area contributed by atoms with Crippen LogP contribution in [0, 0.1) is 0 Å². The first-order chi connectivity index (χ1) is 20.8. The smallest absolute Gasteiger partial charge is 0.201 e. The van der Waals surface area contributed by atoms with E-state index in [1.807, 2.05) is 72.8 Å². The van der Waals surface area contributed by atoms with Crippen LogP contribution < -0.4 is 0 Å². The predicted octanol–water partition coefficient (Wildman–Crippen LogP) is 5.03. The average Bonchev–Trinajstić information content (AvgIpc) is 3.09. The summed E-state index contributed by atoms with van der Waals surface area (Å²) < 4.78 is 0. The number of aromatic nitrogens is 11. The third-order valence-corrected chi connectivity index (χ3v) is 6.25. The van der Waals surface area contributed by atoms with Gasteiger partial charge in [-0.25, -0.2) is 9.97 Å². The van der Waals surface area contributed by atoms with Gasteiger partial charge in [-0.2, -0.15) is 0 Å². The minimum atomic E-state index is 0.320. The molecule has 0 saturated carbocycles. The Hall–Kier alpha value is -6.23. The van der Waals surface area contributed by atoms with Crippen molar-refractivity contribution in [1.82, 2.24) is 55.3 Å². The van der Waals surface area contributed by atoms with Crippen molar-refractivity contribution in [3.8, 4) is 68.5 Å². The maximum atomic E-state index is 4.86. The summed E-state index contributed by atoms with van der Waals surface area (Å²) in [6.07, 6.45) is 8.47. The van der Waals surface area contributed by atoms with E-state index in [0.717, 1.165) is 0 Å². The van der Waals surface area contributed by atoms with Crippen LogP contribution in [0.4, 0.5) is 0 Å². The highest BCUT2D eigenvalue weighted by Gasteiger charge is 2.19. The van der Waals surface area contributed by atoms with Crippen molar-refractivity contribution in [2.75, 3.05) is 0 Å². The first-order valence-corrected chi connectivity index (χ1v) is 13.0. The third kappa shape index (κ3) is 4.93. The fraction of sp³-hybridized carbons (Fsp3) is 0. The molecule has 7 aromatic rings. The van der Waals surface area contributed by atoms with Crippen molar-refractivity contribution in [2.45, 2.75) is 0 Å². The molecule has 0 aliphatic heterocycles. The van der Waals surface area contributed by atoms with Gasteiger partial charge < -0.3 is 0 Å². The topological polar surface area (TPSA) is 142 Å². The van der Waals surface area contributed by atoms with Crippen LogP contribution in [-0.2, 0) is 0 Å². The van der Waals surface area contributed by atoms with Crippen LogP contribution in [0.3, 0.4) is 0 Å². The van der Waals surface area contributed by atoms with E-state index in [4.69, 9.17) is 9.97 Å². The van der Waals surface area contributed by atoms with Crippen LogP contribution in [0.25, 0.3) is 68.5 Å². The molecular weight excluding hydrogens is 526 g/mol. The molecule has 7 rings (SSSR count). The van der Waals surface area contributed by atoms with Crippen LogP contribution in [-0.4, -0.2) is 55.3 Å². The number of rotatable bonds is 6. The molecular formula is C31H19N11. The van der Waals surface area contributed by atoms with Crippen LogP contribution in [0.1, 0.15) is 0 Å². The van der Waals surface area contributed by atoms with E-state index in [9.17, 15) is 0 Å². The molecule has 11 heteroatoms. The maximum absolute atomic E-state index is 4.86. The van der Waals surface area contributed by atoms with Crippen LogP contribution in [0.15, 0.2) is 116 Å². The summed E-state index contributed by atoms with van der Waals surface area (Å²) in [5, 5.41) is 17.8. The summed E-state index contributed by atoms with van der Waals surface area (Å²) in [6.45, 7) is 0. The van der Waals surface area contributed by atoms with Crippen LogP contribution in [0.5, 0.6) is 0 Å². The van der Waals surface area contributed by atoms with Gasteiger partial charge in [0.2, 0.25) is 5.82 Å². The molecule has 0 aromatic carbocycles. The quantitative estimate of drug-likeness (QED) is 0.277. The fourth-order valence-electron chi connectivity index (χ4n) is 4.29. The first kappa shape index (κ1) is 24.8. The fourth-order valence-corrected chi connectivity index (χ4v) is 4.29. The maximum Gasteiger partial charge on any atom is 0.201 e. The Morgan fingerprint density at radius 2 is 0.762 bits per heavy atom. The molecule has 0 saturated heterocycles. The molecule has 0 fully saturated rings. The van der Waals surface area contributed by atoms with Crippen molar-refractivity contribution in [2.24, 2.45) is 0 Å². The molecule has 0 radical (unpaired) electrons. The summed E-state index contributed by atoms with van der Waals surface area (Å²) >= 11 is 0. The van der Waals surface area contributed by atoms with Gasteiger partial charge in [0.25, 0.3) is 0 Å². The summed E-state index contributed by atoms with van der Waals surface area (Å²) in [4.78, 5) is 32.1. The molecule has 7 heterocycles. The second kappa shape index (κ2) is 11.1. The molecule has 0 unspecified atom stereocenters. The monoisotopic (exact) mass is 545 g/mol. The second-order valence-electron chi connectivity index (χ2n) is 8.95. The molecule has 0 aliphatic rings. The molecule has 11 nitrogen and oxygen atoms in total. The van der Waals surface area contributed by atoms with E-state index in [2.05, 4.69) is 45.3 Å². The number of hydrogen-bond donors (Lipinski definition) is 0. The zero-order valence-electron chi connectivity index (χ0n) is 21.9. The standard InChI is InChI=1S/C31H19N11/c1-5-14-32-21(9-1)26-28(23-11-3-7-16-34-23)39-41-30(37-26)20-13-18-36-25(19-20)31-38-27(22-10-2-6-15-33-22)29(40-42-31)24-12-4-8-17-35-24/h1-19H. The number of pyridine rings is 5. The van der Waals surface area contributed by atoms with Gasteiger partial charge in [-0.3, -0.25) is 24.9 Å². The van der Waals surface area contributed by atoms with Gasteiger partial charge in [0.05, 0.1) is 22.8 Å². The van der Waals surface area contributed by atoms with E-state index in [1.54, 1.807) is 43.1 Å². The van der Waals surface area contributed by atoms with Crippen LogP contribution >= 0.6 is 0 Å². The lowest BCUT2D eigenvalue weighted by atomic mass is 10.1. The summed E-state index contributed by atoms with van der Waals surface area (Å²) in [5.74, 6) is 0.710. The van der Waals surface area contributed by atoms with Crippen molar-refractivity contribution < 1.29 is 0 Å². The average molecular weight is 546 g/mol. The van der Waals surface area contributed by atoms with E-state index in [-0.39, 0.29) is 0 Å². The largest absolute Gasteiger partial charge is 0.255 e. The predicted molar refractivity (Wildman–Crippen MR) is 155 cm³/mol. The molecule has 0 aliphatic carbocycles. The van der Waals surface area contributed by atoms with E-state index in [1.165, 1.54) is 0 Å². The van der Waals surface area contributed by atoms with Gasteiger partial charge in [-0.05, 0) is 60.7 Å². The molecule has 0 bridgehead atoms. The van der Waals surface area contributed by atoms with Gasteiger partial charge in [0.15, 0.2) is 5.82 Å². The summed E-state index contributed by atoms with van der Waals surface area (Å²) in [7, 11) is 0. The highest BCUT2D eigenvalue weighted by Crippen LogP contribution is 2.30. The van der Waals surface area contributed by atoms with Crippen molar-refractivity contribution >= 4 is 0 Å². The first-order valence-electron chi connectivity index (χ1n) is 13.0. The Labute approximate surface area is 239 Å². The molecule has 42 heavy (non-hydrogen) atoms. The zero-order valence-corrected chi connectivity index (χ0v) is 21.9. The lowest BCUT2D eigenvalue weighted by Crippen LogP contribution is -2.04. The molecule has 0 spiro atoms.